The maximum atomic E-state index is 11.0. The molecule has 1 fully saturated rings. The highest BCUT2D eigenvalue weighted by molar-refractivity contribution is 5.75. The number of rotatable bonds is 2. The number of carboxylic acids is 1. The van der Waals surface area contributed by atoms with Crippen molar-refractivity contribution in [3.05, 3.63) is 23.8 Å². The molecule has 2 aliphatic rings. The van der Waals surface area contributed by atoms with Gasteiger partial charge in [0.05, 0.1) is 0 Å². The van der Waals surface area contributed by atoms with E-state index >= 15 is 0 Å². The summed E-state index contributed by atoms with van der Waals surface area (Å²) in [6.45, 7) is 2.98. The van der Waals surface area contributed by atoms with E-state index in [-0.39, 0.29) is 5.92 Å². The third-order valence-corrected chi connectivity index (χ3v) is 3.26. The van der Waals surface area contributed by atoms with Crippen molar-refractivity contribution in [1.82, 2.24) is 5.32 Å². The lowest BCUT2D eigenvalue weighted by atomic mass is 9.86. The Morgan fingerprint density at radius 3 is 3.00 bits per heavy atom. The number of hydrogen-bond donors (Lipinski definition) is 2. The smallest absolute Gasteiger partial charge is 0.321 e. The van der Waals surface area contributed by atoms with E-state index < -0.39 is 12.0 Å². The number of hydrogen-bond acceptors (Lipinski definition) is 2. The Bertz CT molecular complexity index is 320. The number of allylic oxidation sites excluding steroid dienone is 3. The SMILES string of the molecule is CC1C=CC([C@H]2CCN[C@@H]2C(=O)O)=CC1. The molecule has 0 aromatic heterocycles. The van der Waals surface area contributed by atoms with Crippen molar-refractivity contribution in [2.75, 3.05) is 6.54 Å². The molecule has 3 nitrogen and oxygen atoms in total. The molecule has 3 atom stereocenters. The molecule has 1 aliphatic carbocycles. The van der Waals surface area contributed by atoms with E-state index in [2.05, 4.69) is 30.5 Å². The van der Waals surface area contributed by atoms with Gasteiger partial charge in [-0.3, -0.25) is 4.79 Å². The predicted octanol–water partition coefficient (Wildman–Crippen LogP) is 1.57. The molecule has 1 unspecified atom stereocenters. The molecular weight excluding hydrogens is 190 g/mol. The van der Waals surface area contributed by atoms with E-state index in [0.717, 1.165) is 19.4 Å². The highest BCUT2D eigenvalue weighted by Crippen LogP contribution is 2.29. The van der Waals surface area contributed by atoms with E-state index in [4.69, 9.17) is 5.11 Å². The van der Waals surface area contributed by atoms with Crippen molar-refractivity contribution in [3.63, 3.8) is 0 Å². The van der Waals surface area contributed by atoms with E-state index in [1.165, 1.54) is 5.57 Å². The quantitative estimate of drug-likeness (QED) is 0.722. The van der Waals surface area contributed by atoms with Crippen LogP contribution in [0.1, 0.15) is 19.8 Å². The molecule has 1 aliphatic heterocycles. The summed E-state index contributed by atoms with van der Waals surface area (Å²) < 4.78 is 0. The first-order valence-electron chi connectivity index (χ1n) is 5.53. The summed E-state index contributed by atoms with van der Waals surface area (Å²) in [4.78, 5) is 11.0. The first-order valence-corrected chi connectivity index (χ1v) is 5.53. The van der Waals surface area contributed by atoms with E-state index in [0.29, 0.717) is 5.92 Å². The zero-order valence-electron chi connectivity index (χ0n) is 8.94. The van der Waals surface area contributed by atoms with Gasteiger partial charge in [-0.25, -0.2) is 0 Å². The van der Waals surface area contributed by atoms with Gasteiger partial charge < -0.3 is 10.4 Å². The van der Waals surface area contributed by atoms with Crippen LogP contribution < -0.4 is 5.32 Å². The Labute approximate surface area is 89.9 Å². The minimum absolute atomic E-state index is 0.159. The van der Waals surface area contributed by atoms with E-state index in [9.17, 15) is 4.79 Å². The average Bonchev–Trinajstić information content (AvgIpc) is 2.67. The van der Waals surface area contributed by atoms with Crippen LogP contribution in [0, 0.1) is 11.8 Å². The summed E-state index contributed by atoms with van der Waals surface area (Å²) in [6.07, 6.45) is 8.43. The van der Waals surface area contributed by atoms with Crippen LogP contribution in [0.5, 0.6) is 0 Å². The first-order chi connectivity index (χ1) is 7.18. The molecule has 1 saturated heterocycles. The van der Waals surface area contributed by atoms with Crippen LogP contribution in [-0.2, 0) is 4.79 Å². The largest absolute Gasteiger partial charge is 0.480 e. The van der Waals surface area contributed by atoms with Crippen molar-refractivity contribution in [3.8, 4) is 0 Å². The molecule has 2 rings (SSSR count). The monoisotopic (exact) mass is 207 g/mol. The van der Waals surface area contributed by atoms with Crippen LogP contribution in [-0.4, -0.2) is 23.7 Å². The first kappa shape index (κ1) is 10.4. The molecule has 0 radical (unpaired) electrons. The molecule has 0 aromatic carbocycles. The van der Waals surface area contributed by atoms with Gasteiger partial charge in [0.1, 0.15) is 6.04 Å². The minimum Gasteiger partial charge on any atom is -0.480 e. The topological polar surface area (TPSA) is 49.3 Å². The average molecular weight is 207 g/mol. The van der Waals surface area contributed by atoms with Gasteiger partial charge in [-0.05, 0) is 30.9 Å². The van der Waals surface area contributed by atoms with Crippen LogP contribution in [0.15, 0.2) is 23.8 Å². The van der Waals surface area contributed by atoms with Gasteiger partial charge in [0.15, 0.2) is 0 Å². The Kier molecular flexibility index (Phi) is 2.91. The molecule has 0 amide bonds. The van der Waals surface area contributed by atoms with Crippen LogP contribution >= 0.6 is 0 Å². The van der Waals surface area contributed by atoms with Gasteiger partial charge in [-0.15, -0.1) is 0 Å². The highest BCUT2D eigenvalue weighted by Gasteiger charge is 2.34. The van der Waals surface area contributed by atoms with Gasteiger partial charge in [0.25, 0.3) is 0 Å². The fraction of sp³-hybridized carbons (Fsp3) is 0.583. The number of carbonyl (C=O) groups is 1. The standard InChI is InChI=1S/C12H17NO2/c1-8-2-4-9(5-3-8)10-6-7-13-11(10)12(14)15/h2,4-5,8,10-11,13H,3,6-7H2,1H3,(H,14,15)/t8?,10-,11+/m1/s1. The fourth-order valence-electron chi connectivity index (χ4n) is 2.34. The Morgan fingerprint density at radius 1 is 1.60 bits per heavy atom. The second-order valence-electron chi connectivity index (χ2n) is 4.44. The molecule has 1 heterocycles. The van der Waals surface area contributed by atoms with Crippen molar-refractivity contribution in [1.29, 1.82) is 0 Å². The lowest BCUT2D eigenvalue weighted by molar-refractivity contribution is -0.139. The number of nitrogens with one attached hydrogen (secondary N) is 1. The maximum absolute atomic E-state index is 11.0. The summed E-state index contributed by atoms with van der Waals surface area (Å²) in [7, 11) is 0. The van der Waals surface area contributed by atoms with Gasteiger partial charge in [0.2, 0.25) is 0 Å². The normalized spacial score (nSPS) is 35.3. The second-order valence-corrected chi connectivity index (χ2v) is 4.44. The fourth-order valence-corrected chi connectivity index (χ4v) is 2.34. The zero-order valence-corrected chi connectivity index (χ0v) is 8.94. The summed E-state index contributed by atoms with van der Waals surface area (Å²) in [5.74, 6) is 0.0167. The van der Waals surface area contributed by atoms with Crippen LogP contribution in [0.25, 0.3) is 0 Å². The molecule has 0 saturated carbocycles. The van der Waals surface area contributed by atoms with Crippen LogP contribution in [0.4, 0.5) is 0 Å². The molecular formula is C12H17NO2. The van der Waals surface area contributed by atoms with Gasteiger partial charge >= 0.3 is 5.97 Å². The third kappa shape index (κ3) is 2.12. The van der Waals surface area contributed by atoms with Gasteiger partial charge in [0, 0.05) is 5.92 Å². The molecule has 82 valence electrons. The summed E-state index contributed by atoms with van der Waals surface area (Å²) >= 11 is 0. The Balaban J connectivity index is 2.10. The zero-order chi connectivity index (χ0) is 10.8. The third-order valence-electron chi connectivity index (χ3n) is 3.26. The lowest BCUT2D eigenvalue weighted by Gasteiger charge is -2.20. The van der Waals surface area contributed by atoms with Gasteiger partial charge in [-0.1, -0.05) is 25.2 Å². The summed E-state index contributed by atoms with van der Waals surface area (Å²) in [5, 5.41) is 12.1. The molecule has 15 heavy (non-hydrogen) atoms. The highest BCUT2D eigenvalue weighted by atomic mass is 16.4. The van der Waals surface area contributed by atoms with Crippen molar-refractivity contribution >= 4 is 5.97 Å². The number of aliphatic carboxylic acids is 1. The Hall–Kier alpha value is -1.09. The van der Waals surface area contributed by atoms with E-state index in [1.54, 1.807) is 0 Å². The predicted molar refractivity (Wildman–Crippen MR) is 58.5 cm³/mol. The maximum Gasteiger partial charge on any atom is 0.321 e. The molecule has 0 aromatic rings. The second kappa shape index (κ2) is 4.19. The van der Waals surface area contributed by atoms with Crippen molar-refractivity contribution in [2.24, 2.45) is 11.8 Å². The summed E-state index contributed by atoms with van der Waals surface area (Å²) in [5.41, 5.74) is 1.20. The minimum atomic E-state index is -0.731. The van der Waals surface area contributed by atoms with E-state index in [1.807, 2.05) is 0 Å². The summed E-state index contributed by atoms with van der Waals surface area (Å²) in [6, 6.07) is -0.394. The van der Waals surface area contributed by atoms with Gasteiger partial charge in [-0.2, -0.15) is 0 Å². The lowest BCUT2D eigenvalue weighted by Crippen LogP contribution is -2.36. The van der Waals surface area contributed by atoms with Crippen molar-refractivity contribution < 1.29 is 9.90 Å². The number of carboxylic acid groups (broad SMARTS) is 1. The molecule has 0 spiro atoms. The molecule has 0 bridgehead atoms. The van der Waals surface area contributed by atoms with Crippen LogP contribution in [0.3, 0.4) is 0 Å². The molecule has 3 heteroatoms. The van der Waals surface area contributed by atoms with Crippen LogP contribution in [0.2, 0.25) is 0 Å². The van der Waals surface area contributed by atoms with Crippen molar-refractivity contribution in [2.45, 2.75) is 25.8 Å². The Morgan fingerprint density at radius 2 is 2.40 bits per heavy atom. The molecule has 2 N–H and O–H groups in total.